The lowest BCUT2D eigenvalue weighted by Gasteiger charge is -2.39. The van der Waals surface area contributed by atoms with Crippen molar-refractivity contribution in [2.24, 2.45) is 0 Å². The Morgan fingerprint density at radius 3 is 2.03 bits per heavy atom. The third kappa shape index (κ3) is 5.88. The lowest BCUT2D eigenvalue weighted by Crippen LogP contribution is -2.48. The molecule has 0 spiro atoms. The van der Waals surface area contributed by atoms with Gasteiger partial charge in [-0.2, -0.15) is 0 Å². The molecular formula is C27H31ClN6O. The van der Waals surface area contributed by atoms with Gasteiger partial charge in [0.1, 0.15) is 11.8 Å². The number of methoxy groups -OCH3 is 1. The number of ether oxygens (including phenoxy) is 1. The van der Waals surface area contributed by atoms with Crippen LogP contribution in [0, 0.1) is 0 Å². The van der Waals surface area contributed by atoms with Gasteiger partial charge in [-0.15, -0.1) is 17.5 Å². The SMILES string of the molecule is COc1ccccc1C(c1nnnn1Cc1ccccc1)N1CCN(Cc2ccccc2)CC1.Cl. The van der Waals surface area contributed by atoms with Gasteiger partial charge in [-0.25, -0.2) is 4.68 Å². The Bertz CT molecular complexity index is 1180. The van der Waals surface area contributed by atoms with Crippen molar-refractivity contribution in [3.05, 3.63) is 107 Å². The zero-order chi connectivity index (χ0) is 23.2. The lowest BCUT2D eigenvalue weighted by atomic mass is 10.0. The Labute approximate surface area is 212 Å². The number of rotatable bonds is 8. The summed E-state index contributed by atoms with van der Waals surface area (Å²) < 4.78 is 7.68. The second kappa shape index (κ2) is 11.9. The summed E-state index contributed by atoms with van der Waals surface area (Å²) in [5, 5.41) is 12.9. The third-order valence-electron chi connectivity index (χ3n) is 6.43. The van der Waals surface area contributed by atoms with E-state index in [9.17, 15) is 0 Å². The molecule has 1 unspecified atom stereocenters. The molecule has 0 N–H and O–H groups in total. The zero-order valence-corrected chi connectivity index (χ0v) is 20.7. The van der Waals surface area contributed by atoms with Gasteiger partial charge < -0.3 is 4.74 Å². The van der Waals surface area contributed by atoms with Crippen LogP contribution in [0.25, 0.3) is 0 Å². The van der Waals surface area contributed by atoms with Crippen LogP contribution in [0.15, 0.2) is 84.9 Å². The fourth-order valence-corrected chi connectivity index (χ4v) is 4.69. The van der Waals surface area contributed by atoms with E-state index in [1.165, 1.54) is 11.1 Å². The quantitative estimate of drug-likeness (QED) is 0.371. The summed E-state index contributed by atoms with van der Waals surface area (Å²) in [6.45, 7) is 5.42. The first-order valence-corrected chi connectivity index (χ1v) is 11.7. The van der Waals surface area contributed by atoms with Crippen LogP contribution in [0.4, 0.5) is 0 Å². The minimum Gasteiger partial charge on any atom is -0.496 e. The summed E-state index contributed by atoms with van der Waals surface area (Å²) in [4.78, 5) is 4.99. The Morgan fingerprint density at radius 2 is 1.37 bits per heavy atom. The van der Waals surface area contributed by atoms with Crippen LogP contribution in [0.5, 0.6) is 5.75 Å². The van der Waals surface area contributed by atoms with Crippen LogP contribution in [-0.4, -0.2) is 63.3 Å². The van der Waals surface area contributed by atoms with Crippen LogP contribution in [0.3, 0.4) is 0 Å². The van der Waals surface area contributed by atoms with Gasteiger partial charge in [-0.05, 0) is 27.6 Å². The number of tetrazole rings is 1. The van der Waals surface area contributed by atoms with Gasteiger partial charge in [0.05, 0.1) is 13.7 Å². The molecule has 0 amide bonds. The van der Waals surface area contributed by atoms with E-state index in [-0.39, 0.29) is 18.4 Å². The number of para-hydroxylation sites is 1. The molecule has 5 rings (SSSR count). The fraction of sp³-hybridized carbons (Fsp3) is 0.296. The molecule has 4 aromatic rings. The molecule has 7 nitrogen and oxygen atoms in total. The average molecular weight is 491 g/mol. The average Bonchev–Trinajstić information content (AvgIpc) is 3.34. The van der Waals surface area contributed by atoms with Gasteiger partial charge in [-0.1, -0.05) is 78.9 Å². The number of hydrogen-bond acceptors (Lipinski definition) is 6. The van der Waals surface area contributed by atoms with Gasteiger partial charge in [0.2, 0.25) is 0 Å². The van der Waals surface area contributed by atoms with Gasteiger partial charge in [0, 0.05) is 38.3 Å². The smallest absolute Gasteiger partial charge is 0.173 e. The summed E-state index contributed by atoms with van der Waals surface area (Å²) in [7, 11) is 1.72. The van der Waals surface area contributed by atoms with Gasteiger partial charge in [0.25, 0.3) is 0 Å². The fourth-order valence-electron chi connectivity index (χ4n) is 4.69. The van der Waals surface area contributed by atoms with Gasteiger partial charge >= 0.3 is 0 Å². The summed E-state index contributed by atoms with van der Waals surface area (Å²) >= 11 is 0. The van der Waals surface area contributed by atoms with Crippen molar-refractivity contribution in [2.75, 3.05) is 33.3 Å². The van der Waals surface area contributed by atoms with Crippen molar-refractivity contribution >= 4 is 12.4 Å². The van der Waals surface area contributed by atoms with E-state index in [1.54, 1.807) is 7.11 Å². The first-order valence-electron chi connectivity index (χ1n) is 11.7. The Hall–Kier alpha value is -3.26. The maximum atomic E-state index is 5.76. The highest BCUT2D eigenvalue weighted by atomic mass is 35.5. The first-order chi connectivity index (χ1) is 16.8. The summed E-state index contributed by atoms with van der Waals surface area (Å²) in [5.74, 6) is 1.69. The van der Waals surface area contributed by atoms with Gasteiger partial charge in [-0.3, -0.25) is 9.80 Å². The highest BCUT2D eigenvalue weighted by Crippen LogP contribution is 2.34. The summed E-state index contributed by atoms with van der Waals surface area (Å²) in [6.07, 6.45) is 0. The van der Waals surface area contributed by atoms with Crippen molar-refractivity contribution in [3.63, 3.8) is 0 Å². The first kappa shape index (κ1) is 24.9. The Balaban J connectivity index is 0.00000289. The standard InChI is InChI=1S/C27H30N6O.ClH/c1-34-25-15-9-8-14-24(25)26(27-28-29-30-33(27)21-23-12-6-3-7-13-23)32-18-16-31(17-19-32)20-22-10-4-2-5-11-22;/h2-15,26H,16-21H2,1H3;1H. The summed E-state index contributed by atoms with van der Waals surface area (Å²) in [5.41, 5.74) is 3.61. The molecule has 1 aromatic heterocycles. The van der Waals surface area contributed by atoms with Crippen LogP contribution < -0.4 is 4.74 Å². The minimum absolute atomic E-state index is 0. The minimum atomic E-state index is -0.0891. The zero-order valence-electron chi connectivity index (χ0n) is 19.9. The molecular weight excluding hydrogens is 460 g/mol. The molecule has 1 atom stereocenters. The van der Waals surface area contributed by atoms with E-state index in [0.29, 0.717) is 6.54 Å². The van der Waals surface area contributed by atoms with E-state index >= 15 is 0 Å². The molecule has 0 saturated carbocycles. The number of nitrogens with zero attached hydrogens (tertiary/aromatic N) is 6. The molecule has 1 aliphatic heterocycles. The normalized spacial score (nSPS) is 15.3. The molecule has 0 aliphatic carbocycles. The largest absolute Gasteiger partial charge is 0.496 e. The van der Waals surface area contributed by atoms with Gasteiger partial charge in [0.15, 0.2) is 5.82 Å². The van der Waals surface area contributed by atoms with Crippen LogP contribution in [-0.2, 0) is 13.1 Å². The van der Waals surface area contributed by atoms with Crippen molar-refractivity contribution in [2.45, 2.75) is 19.1 Å². The number of halogens is 1. The Kier molecular flexibility index (Phi) is 8.47. The maximum Gasteiger partial charge on any atom is 0.173 e. The molecule has 0 radical (unpaired) electrons. The van der Waals surface area contributed by atoms with E-state index in [1.807, 2.05) is 35.0 Å². The van der Waals surface area contributed by atoms with E-state index < -0.39 is 0 Å². The maximum absolute atomic E-state index is 5.76. The van der Waals surface area contributed by atoms with E-state index in [2.05, 4.69) is 79.9 Å². The van der Waals surface area contributed by atoms with E-state index in [0.717, 1.165) is 49.9 Å². The van der Waals surface area contributed by atoms with E-state index in [4.69, 9.17) is 4.74 Å². The van der Waals surface area contributed by atoms with Crippen molar-refractivity contribution in [3.8, 4) is 5.75 Å². The number of benzene rings is 3. The second-order valence-electron chi connectivity index (χ2n) is 8.62. The summed E-state index contributed by atoms with van der Waals surface area (Å²) in [6, 6.07) is 29.1. The lowest BCUT2D eigenvalue weighted by molar-refractivity contribution is 0.0993. The monoisotopic (exact) mass is 490 g/mol. The number of aromatic nitrogens is 4. The molecule has 1 saturated heterocycles. The number of hydrogen-bond donors (Lipinski definition) is 0. The van der Waals surface area contributed by atoms with Crippen molar-refractivity contribution in [1.82, 2.24) is 30.0 Å². The molecule has 35 heavy (non-hydrogen) atoms. The predicted octanol–water partition coefficient (Wildman–Crippen LogP) is 4.06. The van der Waals surface area contributed by atoms with Crippen LogP contribution >= 0.6 is 12.4 Å². The molecule has 0 bridgehead atoms. The molecule has 1 aliphatic rings. The second-order valence-corrected chi connectivity index (χ2v) is 8.62. The highest BCUT2D eigenvalue weighted by Gasteiger charge is 2.32. The molecule has 8 heteroatoms. The highest BCUT2D eigenvalue weighted by molar-refractivity contribution is 5.85. The van der Waals surface area contributed by atoms with Crippen molar-refractivity contribution < 1.29 is 4.74 Å². The topological polar surface area (TPSA) is 59.3 Å². The van der Waals surface area contributed by atoms with Crippen LogP contribution in [0.2, 0.25) is 0 Å². The van der Waals surface area contributed by atoms with Crippen molar-refractivity contribution in [1.29, 1.82) is 0 Å². The van der Waals surface area contributed by atoms with Crippen LogP contribution in [0.1, 0.15) is 28.6 Å². The predicted molar refractivity (Wildman–Crippen MR) is 139 cm³/mol. The molecule has 1 fully saturated rings. The molecule has 182 valence electrons. The third-order valence-corrected chi connectivity index (χ3v) is 6.43. The number of piperazine rings is 1. The molecule has 3 aromatic carbocycles. The molecule has 2 heterocycles. The Morgan fingerprint density at radius 1 is 0.771 bits per heavy atom.